The molecule has 0 aliphatic rings. The Morgan fingerprint density at radius 3 is 2.62 bits per heavy atom. The molecule has 0 spiro atoms. The third kappa shape index (κ3) is 4.57. The van der Waals surface area contributed by atoms with Crippen molar-refractivity contribution in [3.8, 4) is 17.4 Å². The zero-order valence-electron chi connectivity index (χ0n) is 15.8. The van der Waals surface area contributed by atoms with Gasteiger partial charge in [0.15, 0.2) is 0 Å². The van der Waals surface area contributed by atoms with Crippen LogP contribution in [0.25, 0.3) is 17.4 Å². The lowest BCUT2D eigenvalue weighted by atomic mass is 10.1. The Bertz CT molecular complexity index is 1170. The summed E-state index contributed by atoms with van der Waals surface area (Å²) in [4.78, 5) is 22.8. The lowest BCUT2D eigenvalue weighted by molar-refractivity contribution is -0.384. The standard InChI is InChI=1S/C22H17N3O4/c1-14-4-3-5-17(10-14)24-22(26)16(13-23)12-19-7-9-21(29-19)20-8-6-18(25(27)28)11-15(20)2/h3-12H,1-2H3,(H,24,26)/b16-12+. The van der Waals surface area contributed by atoms with E-state index in [1.165, 1.54) is 18.2 Å². The molecule has 29 heavy (non-hydrogen) atoms. The van der Waals surface area contributed by atoms with Crippen LogP contribution in [0, 0.1) is 35.3 Å². The van der Waals surface area contributed by atoms with Crippen LogP contribution in [0.2, 0.25) is 0 Å². The van der Waals surface area contributed by atoms with Crippen molar-refractivity contribution in [1.82, 2.24) is 0 Å². The normalized spacial score (nSPS) is 11.0. The molecule has 3 aromatic rings. The second-order valence-electron chi connectivity index (χ2n) is 6.45. The van der Waals surface area contributed by atoms with Crippen molar-refractivity contribution in [3.63, 3.8) is 0 Å². The van der Waals surface area contributed by atoms with Gasteiger partial charge < -0.3 is 9.73 Å². The Kier molecular flexibility index (Phi) is 5.56. The second kappa shape index (κ2) is 8.23. The minimum absolute atomic E-state index is 0.00230. The number of furan rings is 1. The number of non-ortho nitro benzene ring substituents is 1. The van der Waals surface area contributed by atoms with Crippen LogP contribution < -0.4 is 5.32 Å². The lowest BCUT2D eigenvalue weighted by Gasteiger charge is -2.04. The molecule has 0 aliphatic carbocycles. The summed E-state index contributed by atoms with van der Waals surface area (Å²) in [5.41, 5.74) is 2.85. The summed E-state index contributed by atoms with van der Waals surface area (Å²) in [5.74, 6) is 0.274. The van der Waals surface area contributed by atoms with Crippen molar-refractivity contribution in [2.24, 2.45) is 0 Å². The molecule has 0 fully saturated rings. The highest BCUT2D eigenvalue weighted by molar-refractivity contribution is 6.09. The van der Waals surface area contributed by atoms with Crippen LogP contribution >= 0.6 is 0 Å². The Morgan fingerprint density at radius 2 is 1.97 bits per heavy atom. The molecule has 0 atom stereocenters. The van der Waals surface area contributed by atoms with Crippen LogP contribution in [0.5, 0.6) is 0 Å². The van der Waals surface area contributed by atoms with Gasteiger partial charge in [-0.2, -0.15) is 5.26 Å². The van der Waals surface area contributed by atoms with E-state index in [1.807, 2.05) is 25.1 Å². The first-order chi connectivity index (χ1) is 13.9. The number of amides is 1. The summed E-state index contributed by atoms with van der Waals surface area (Å²) in [7, 11) is 0. The summed E-state index contributed by atoms with van der Waals surface area (Å²) in [6.07, 6.45) is 1.36. The van der Waals surface area contributed by atoms with Gasteiger partial charge in [0, 0.05) is 29.5 Å². The summed E-state index contributed by atoms with van der Waals surface area (Å²) in [6, 6.07) is 16.9. The van der Waals surface area contributed by atoms with Gasteiger partial charge in [0.25, 0.3) is 11.6 Å². The van der Waals surface area contributed by atoms with Gasteiger partial charge in [-0.3, -0.25) is 14.9 Å². The average molecular weight is 387 g/mol. The lowest BCUT2D eigenvalue weighted by Crippen LogP contribution is -2.13. The van der Waals surface area contributed by atoms with E-state index in [4.69, 9.17) is 4.42 Å². The molecule has 7 nitrogen and oxygen atoms in total. The van der Waals surface area contributed by atoms with Crippen molar-refractivity contribution in [2.45, 2.75) is 13.8 Å². The second-order valence-corrected chi connectivity index (χ2v) is 6.45. The molecule has 0 aliphatic heterocycles. The third-order valence-electron chi connectivity index (χ3n) is 4.24. The van der Waals surface area contributed by atoms with Gasteiger partial charge >= 0.3 is 0 Å². The predicted octanol–water partition coefficient (Wildman–Crippen LogP) is 5.02. The summed E-state index contributed by atoms with van der Waals surface area (Å²) >= 11 is 0. The first kappa shape index (κ1) is 19.6. The van der Waals surface area contributed by atoms with Gasteiger partial charge in [-0.05, 0) is 55.3 Å². The van der Waals surface area contributed by atoms with E-state index in [-0.39, 0.29) is 11.3 Å². The third-order valence-corrected chi connectivity index (χ3v) is 4.24. The number of carbonyl (C=O) groups is 1. The van der Waals surface area contributed by atoms with Crippen LogP contribution in [0.1, 0.15) is 16.9 Å². The summed E-state index contributed by atoms with van der Waals surface area (Å²) in [5, 5.41) is 22.9. The fourth-order valence-electron chi connectivity index (χ4n) is 2.83. The number of nitrogens with one attached hydrogen (secondary N) is 1. The van der Waals surface area contributed by atoms with Crippen molar-refractivity contribution in [2.75, 3.05) is 5.32 Å². The zero-order valence-corrected chi connectivity index (χ0v) is 15.8. The summed E-state index contributed by atoms with van der Waals surface area (Å²) < 4.78 is 5.73. The van der Waals surface area contributed by atoms with E-state index in [9.17, 15) is 20.2 Å². The molecule has 7 heteroatoms. The molecular formula is C22H17N3O4. The highest BCUT2D eigenvalue weighted by atomic mass is 16.6. The number of nitriles is 1. The van der Waals surface area contributed by atoms with E-state index in [1.54, 1.807) is 37.3 Å². The quantitative estimate of drug-likeness (QED) is 0.286. The van der Waals surface area contributed by atoms with Crippen molar-refractivity contribution in [1.29, 1.82) is 5.26 Å². The fraction of sp³-hybridized carbons (Fsp3) is 0.0909. The molecule has 0 bridgehead atoms. The minimum Gasteiger partial charge on any atom is -0.457 e. The monoisotopic (exact) mass is 387 g/mol. The minimum atomic E-state index is -0.539. The first-order valence-electron chi connectivity index (χ1n) is 8.72. The molecule has 0 unspecified atom stereocenters. The van der Waals surface area contributed by atoms with Crippen LogP contribution in [-0.2, 0) is 4.79 Å². The number of nitro groups is 1. The number of benzene rings is 2. The number of hydrogen-bond acceptors (Lipinski definition) is 5. The molecule has 1 aromatic heterocycles. The molecule has 0 saturated carbocycles. The zero-order chi connectivity index (χ0) is 21.0. The Hall–Kier alpha value is -4.18. The molecule has 0 radical (unpaired) electrons. The molecule has 0 saturated heterocycles. The van der Waals surface area contributed by atoms with Gasteiger partial charge in [-0.1, -0.05) is 12.1 Å². The maximum Gasteiger partial charge on any atom is 0.269 e. The number of hydrogen-bond donors (Lipinski definition) is 1. The van der Waals surface area contributed by atoms with E-state index in [2.05, 4.69) is 5.32 Å². The van der Waals surface area contributed by atoms with Crippen LogP contribution in [0.15, 0.2) is 64.6 Å². The Morgan fingerprint density at radius 1 is 1.17 bits per heavy atom. The fourth-order valence-corrected chi connectivity index (χ4v) is 2.83. The number of nitro benzene ring substituents is 1. The Labute approximate surface area is 167 Å². The highest BCUT2D eigenvalue weighted by Crippen LogP contribution is 2.29. The molecule has 144 valence electrons. The maximum absolute atomic E-state index is 12.4. The molecular weight excluding hydrogens is 370 g/mol. The smallest absolute Gasteiger partial charge is 0.269 e. The van der Waals surface area contributed by atoms with Crippen molar-refractivity contribution >= 4 is 23.4 Å². The molecule has 2 aromatic carbocycles. The van der Waals surface area contributed by atoms with Gasteiger partial charge in [-0.25, -0.2) is 0 Å². The number of rotatable bonds is 5. The number of aryl methyl sites for hydroxylation is 2. The van der Waals surface area contributed by atoms with Crippen LogP contribution in [-0.4, -0.2) is 10.8 Å². The van der Waals surface area contributed by atoms with Gasteiger partial charge in [-0.15, -0.1) is 0 Å². The summed E-state index contributed by atoms with van der Waals surface area (Å²) in [6.45, 7) is 3.65. The number of nitrogens with zero attached hydrogens (tertiary/aromatic N) is 2. The van der Waals surface area contributed by atoms with Gasteiger partial charge in [0.05, 0.1) is 4.92 Å². The Balaban J connectivity index is 1.83. The maximum atomic E-state index is 12.4. The largest absolute Gasteiger partial charge is 0.457 e. The topological polar surface area (TPSA) is 109 Å². The van der Waals surface area contributed by atoms with Crippen LogP contribution in [0.3, 0.4) is 0 Å². The van der Waals surface area contributed by atoms with E-state index >= 15 is 0 Å². The first-order valence-corrected chi connectivity index (χ1v) is 8.72. The van der Waals surface area contributed by atoms with Crippen molar-refractivity contribution < 1.29 is 14.1 Å². The molecule has 1 N–H and O–H groups in total. The number of carbonyl (C=O) groups excluding carboxylic acids is 1. The SMILES string of the molecule is Cc1cccc(NC(=O)/C(C#N)=C/c2ccc(-c3ccc([N+](=O)[O-])cc3C)o2)c1. The van der Waals surface area contributed by atoms with Gasteiger partial charge in [0.1, 0.15) is 23.2 Å². The molecule has 1 heterocycles. The predicted molar refractivity (Wildman–Crippen MR) is 109 cm³/mol. The van der Waals surface area contributed by atoms with Crippen molar-refractivity contribution in [3.05, 3.63) is 87.2 Å². The number of anilines is 1. The average Bonchev–Trinajstić information content (AvgIpc) is 3.14. The van der Waals surface area contributed by atoms with E-state index in [0.29, 0.717) is 28.3 Å². The van der Waals surface area contributed by atoms with E-state index in [0.717, 1.165) is 5.56 Å². The van der Waals surface area contributed by atoms with E-state index < -0.39 is 10.8 Å². The van der Waals surface area contributed by atoms with Crippen LogP contribution in [0.4, 0.5) is 11.4 Å². The molecule has 1 amide bonds. The molecule has 3 rings (SSSR count). The van der Waals surface area contributed by atoms with Gasteiger partial charge in [0.2, 0.25) is 0 Å². The highest BCUT2D eigenvalue weighted by Gasteiger charge is 2.14.